The number of thioether (sulfide) groups is 1. The highest BCUT2D eigenvalue weighted by molar-refractivity contribution is 7.99. The van der Waals surface area contributed by atoms with Gasteiger partial charge in [-0.05, 0) is 30.7 Å². The minimum atomic E-state index is -0.376. The van der Waals surface area contributed by atoms with Crippen molar-refractivity contribution in [3.63, 3.8) is 0 Å². The molecule has 4 aromatic rings. The van der Waals surface area contributed by atoms with E-state index in [1.54, 1.807) is 22.2 Å². The second-order valence-corrected chi connectivity index (χ2v) is 8.31. The van der Waals surface area contributed by atoms with E-state index in [9.17, 15) is 4.79 Å². The second kappa shape index (κ2) is 5.40. The summed E-state index contributed by atoms with van der Waals surface area (Å²) in [7, 11) is 0. The molecule has 4 heterocycles. The first-order valence-corrected chi connectivity index (χ1v) is 9.88. The number of carbonyl (C=O) groups excluding carboxylic acids is 1. The Hall–Kier alpha value is -2.20. The molecule has 0 aromatic carbocycles. The molecule has 0 aliphatic heterocycles. The predicted molar refractivity (Wildman–Crippen MR) is 96.2 cm³/mol. The number of hydrogen-bond donors (Lipinski definition) is 1. The van der Waals surface area contributed by atoms with Crippen molar-refractivity contribution in [2.24, 2.45) is 5.73 Å². The topological polar surface area (TPSA) is 103 Å². The van der Waals surface area contributed by atoms with Crippen molar-refractivity contribution < 1.29 is 4.79 Å². The fourth-order valence-electron chi connectivity index (χ4n) is 3.64. The van der Waals surface area contributed by atoms with Gasteiger partial charge < -0.3 is 5.73 Å². The molecule has 8 nitrogen and oxygen atoms in total. The van der Waals surface area contributed by atoms with Crippen molar-refractivity contribution in [1.29, 1.82) is 0 Å². The van der Waals surface area contributed by atoms with E-state index in [2.05, 4.69) is 27.2 Å². The molecule has 0 radical (unpaired) electrons. The molecule has 25 heavy (non-hydrogen) atoms. The zero-order valence-electron chi connectivity index (χ0n) is 13.5. The number of carbonyl (C=O) groups is 1. The first kappa shape index (κ1) is 15.1. The smallest absolute Gasteiger partial charge is 0.260 e. The summed E-state index contributed by atoms with van der Waals surface area (Å²) in [5.41, 5.74) is 7.50. The van der Waals surface area contributed by atoms with Gasteiger partial charge in [-0.2, -0.15) is 9.61 Å². The van der Waals surface area contributed by atoms with E-state index in [-0.39, 0.29) is 11.7 Å². The molecular formula is C15H15N7OS2. The molecule has 2 N–H and O–H groups in total. The monoisotopic (exact) mass is 373 g/mol. The number of nitrogens with two attached hydrogens (primary N) is 1. The largest absolute Gasteiger partial charge is 0.369 e. The molecule has 128 valence electrons. The van der Waals surface area contributed by atoms with Gasteiger partial charge in [-0.15, -0.1) is 21.5 Å². The van der Waals surface area contributed by atoms with Crippen molar-refractivity contribution in [1.82, 2.24) is 29.2 Å². The summed E-state index contributed by atoms with van der Waals surface area (Å²) >= 11 is 3.07. The lowest BCUT2D eigenvalue weighted by Gasteiger charge is -2.18. The lowest BCUT2D eigenvalue weighted by Crippen LogP contribution is -2.13. The zero-order chi connectivity index (χ0) is 17.1. The molecule has 5 rings (SSSR count). The van der Waals surface area contributed by atoms with E-state index in [1.165, 1.54) is 35.0 Å². The Balaban J connectivity index is 1.90. The third-order valence-electron chi connectivity index (χ3n) is 4.66. The summed E-state index contributed by atoms with van der Waals surface area (Å²) in [6.07, 6.45) is 5.03. The molecule has 0 spiro atoms. The summed E-state index contributed by atoms with van der Waals surface area (Å²) in [6, 6.07) is 0. The number of hydrogen-bond acceptors (Lipinski definition) is 7. The number of nitrogens with zero attached hydrogens (tertiary/aromatic N) is 6. The van der Waals surface area contributed by atoms with Crippen LogP contribution in [-0.2, 0) is 11.2 Å². The predicted octanol–water partition coefficient (Wildman–Crippen LogP) is 2.00. The van der Waals surface area contributed by atoms with Crippen LogP contribution in [0.3, 0.4) is 0 Å². The van der Waals surface area contributed by atoms with Gasteiger partial charge in [-0.25, -0.2) is 9.38 Å². The molecule has 0 saturated heterocycles. The Bertz CT molecular complexity index is 1140. The van der Waals surface area contributed by atoms with Crippen LogP contribution >= 0.6 is 23.1 Å². The Labute approximate surface area is 150 Å². The van der Waals surface area contributed by atoms with Gasteiger partial charge in [-0.3, -0.25) is 4.79 Å². The van der Waals surface area contributed by atoms with Crippen molar-refractivity contribution in [3.05, 3.63) is 16.8 Å². The lowest BCUT2D eigenvalue weighted by molar-refractivity contribution is -0.115. The quantitative estimate of drug-likeness (QED) is 0.551. The van der Waals surface area contributed by atoms with Crippen LogP contribution in [0.5, 0.6) is 0 Å². The van der Waals surface area contributed by atoms with Crippen LogP contribution in [0.1, 0.15) is 36.1 Å². The zero-order valence-corrected chi connectivity index (χ0v) is 15.1. The maximum Gasteiger partial charge on any atom is 0.260 e. The molecule has 1 aliphatic carbocycles. The van der Waals surface area contributed by atoms with Crippen molar-refractivity contribution in [3.8, 4) is 0 Å². The fourth-order valence-corrected chi connectivity index (χ4v) is 5.82. The number of primary amides is 1. The molecule has 10 heteroatoms. The van der Waals surface area contributed by atoms with Gasteiger partial charge in [0.25, 0.3) is 5.78 Å². The van der Waals surface area contributed by atoms with Crippen LogP contribution in [0.25, 0.3) is 21.6 Å². The second-order valence-electron chi connectivity index (χ2n) is 6.28. The number of thiophene rings is 1. The standard InChI is InChI=1S/C15H15N7OS2/c1-7-3-2-4-8-10(7)11-12-17-6-18-22(12)14-19-20-15(24-5-9(16)23)21(14)13(11)25-8/h6-7H,2-5H2,1H3,(H2,16,23). The molecule has 1 unspecified atom stereocenters. The van der Waals surface area contributed by atoms with E-state index in [1.807, 2.05) is 4.40 Å². The molecular weight excluding hydrogens is 358 g/mol. The average molecular weight is 373 g/mol. The van der Waals surface area contributed by atoms with Crippen LogP contribution in [0.2, 0.25) is 0 Å². The molecule has 1 atom stereocenters. The highest BCUT2D eigenvalue weighted by Crippen LogP contribution is 2.44. The number of amides is 1. The summed E-state index contributed by atoms with van der Waals surface area (Å²) in [5.74, 6) is 0.893. The number of rotatable bonds is 3. The molecule has 0 saturated carbocycles. The van der Waals surface area contributed by atoms with Gasteiger partial charge in [0.05, 0.1) is 11.1 Å². The molecule has 0 bridgehead atoms. The van der Waals surface area contributed by atoms with Crippen molar-refractivity contribution in [2.75, 3.05) is 5.75 Å². The highest BCUT2D eigenvalue weighted by atomic mass is 32.2. The van der Waals surface area contributed by atoms with E-state index in [0.29, 0.717) is 16.9 Å². The lowest BCUT2D eigenvalue weighted by atomic mass is 9.87. The van der Waals surface area contributed by atoms with E-state index >= 15 is 0 Å². The van der Waals surface area contributed by atoms with Gasteiger partial charge in [0, 0.05) is 4.88 Å². The maximum absolute atomic E-state index is 11.2. The number of aromatic nitrogens is 6. The fraction of sp³-hybridized carbons (Fsp3) is 0.400. The Morgan fingerprint density at radius 2 is 2.36 bits per heavy atom. The van der Waals surface area contributed by atoms with Gasteiger partial charge >= 0.3 is 0 Å². The summed E-state index contributed by atoms with van der Waals surface area (Å²) in [4.78, 5) is 18.2. The van der Waals surface area contributed by atoms with Crippen LogP contribution in [-0.4, -0.2) is 40.9 Å². The van der Waals surface area contributed by atoms with E-state index in [0.717, 1.165) is 22.3 Å². The minimum absolute atomic E-state index is 0.166. The highest BCUT2D eigenvalue weighted by Gasteiger charge is 2.27. The molecule has 0 fully saturated rings. The van der Waals surface area contributed by atoms with Crippen LogP contribution < -0.4 is 5.73 Å². The van der Waals surface area contributed by atoms with Crippen LogP contribution in [0.15, 0.2) is 11.5 Å². The SMILES string of the molecule is CC1CCCc2sc3c(c21)c1ncnn1c1nnc(SCC(N)=O)n31. The average Bonchev–Trinajstić information content (AvgIpc) is 3.28. The third kappa shape index (κ3) is 2.10. The Kier molecular flexibility index (Phi) is 3.26. The van der Waals surface area contributed by atoms with Crippen molar-refractivity contribution in [2.45, 2.75) is 37.3 Å². The molecule has 4 aromatic heterocycles. The third-order valence-corrected chi connectivity index (χ3v) is 6.86. The number of aryl methyl sites for hydroxylation is 1. The van der Waals surface area contributed by atoms with E-state index < -0.39 is 0 Å². The minimum Gasteiger partial charge on any atom is -0.369 e. The Morgan fingerprint density at radius 1 is 1.48 bits per heavy atom. The maximum atomic E-state index is 11.2. The first-order chi connectivity index (χ1) is 12.1. The van der Waals surface area contributed by atoms with Gasteiger partial charge in [0.2, 0.25) is 5.91 Å². The van der Waals surface area contributed by atoms with Crippen molar-refractivity contribution >= 4 is 50.6 Å². The summed E-state index contributed by atoms with van der Waals surface area (Å²) < 4.78 is 3.72. The van der Waals surface area contributed by atoms with E-state index in [4.69, 9.17) is 5.73 Å². The first-order valence-electron chi connectivity index (χ1n) is 8.08. The molecule has 1 aliphatic rings. The Morgan fingerprint density at radius 3 is 3.20 bits per heavy atom. The summed E-state index contributed by atoms with van der Waals surface area (Å²) in [5, 5.41) is 14.7. The van der Waals surface area contributed by atoms with Crippen LogP contribution in [0.4, 0.5) is 0 Å². The van der Waals surface area contributed by atoms with Crippen LogP contribution in [0, 0.1) is 0 Å². The number of fused-ring (bicyclic) bond motifs is 8. The van der Waals surface area contributed by atoms with Gasteiger partial charge in [0.1, 0.15) is 11.2 Å². The van der Waals surface area contributed by atoms with Gasteiger partial charge in [0.15, 0.2) is 10.8 Å². The van der Waals surface area contributed by atoms with Gasteiger partial charge in [-0.1, -0.05) is 18.7 Å². The normalized spacial score (nSPS) is 17.6. The molecule has 1 amide bonds. The summed E-state index contributed by atoms with van der Waals surface area (Å²) in [6.45, 7) is 2.27.